The number of carbonyl (C=O) groups is 1. The van der Waals surface area contributed by atoms with Crippen LogP contribution in [0.1, 0.15) is 44.6 Å². The molecule has 2 rings (SSSR count). The summed E-state index contributed by atoms with van der Waals surface area (Å²) in [6.45, 7) is 3.62. The molecule has 1 heterocycles. The van der Waals surface area contributed by atoms with Crippen LogP contribution in [-0.2, 0) is 11.3 Å². The van der Waals surface area contributed by atoms with E-state index in [1.165, 1.54) is 24.8 Å². The Kier molecular flexibility index (Phi) is 5.41. The first kappa shape index (κ1) is 14.5. The van der Waals surface area contributed by atoms with Gasteiger partial charge >= 0.3 is 0 Å². The maximum Gasteiger partial charge on any atom is 0.131 e. The molecule has 2 nitrogen and oxygen atoms in total. The van der Waals surface area contributed by atoms with Crippen LogP contribution in [0.4, 0.5) is 0 Å². The molecule has 0 saturated carbocycles. The van der Waals surface area contributed by atoms with Gasteiger partial charge in [-0.15, -0.1) is 0 Å². The van der Waals surface area contributed by atoms with Crippen molar-refractivity contribution in [1.29, 1.82) is 0 Å². The van der Waals surface area contributed by atoms with Crippen molar-refractivity contribution in [3.63, 3.8) is 0 Å². The number of ketones is 1. The van der Waals surface area contributed by atoms with E-state index in [0.717, 1.165) is 24.5 Å². The zero-order valence-electron chi connectivity index (χ0n) is 11.6. The Morgan fingerprint density at radius 3 is 2.84 bits per heavy atom. The molecule has 3 heteroatoms. The van der Waals surface area contributed by atoms with Crippen molar-refractivity contribution < 1.29 is 4.79 Å². The second-order valence-corrected chi connectivity index (χ2v) is 5.88. The molecule has 0 bridgehead atoms. The second-order valence-electron chi connectivity index (χ2n) is 5.47. The van der Waals surface area contributed by atoms with E-state index in [0.29, 0.717) is 12.5 Å². The fourth-order valence-electron chi connectivity index (χ4n) is 2.85. The standard InChI is InChI=1S/C16H22ClNO/c1-13(19)11-15-8-3-2-6-10-18(15)12-14-7-4-5-9-16(14)17/h4-5,7,9,15H,2-3,6,8,10-12H2,1H3. The fraction of sp³-hybridized carbons (Fsp3) is 0.562. The molecule has 0 radical (unpaired) electrons. The number of hydrogen-bond donors (Lipinski definition) is 0. The highest BCUT2D eigenvalue weighted by Crippen LogP contribution is 2.24. The summed E-state index contributed by atoms with van der Waals surface area (Å²) in [6.07, 6.45) is 5.53. The third kappa shape index (κ3) is 4.32. The zero-order valence-corrected chi connectivity index (χ0v) is 12.3. The molecule has 1 atom stereocenters. The molecule has 1 saturated heterocycles. The fourth-order valence-corrected chi connectivity index (χ4v) is 3.05. The van der Waals surface area contributed by atoms with E-state index in [-0.39, 0.29) is 5.78 Å². The van der Waals surface area contributed by atoms with Crippen LogP contribution in [0.3, 0.4) is 0 Å². The molecular weight excluding hydrogens is 258 g/mol. The van der Waals surface area contributed by atoms with E-state index in [1.807, 2.05) is 18.2 Å². The lowest BCUT2D eigenvalue weighted by Gasteiger charge is -2.29. The molecule has 1 aliphatic rings. The van der Waals surface area contributed by atoms with Gasteiger partial charge in [0, 0.05) is 24.0 Å². The van der Waals surface area contributed by atoms with Gasteiger partial charge in [0.05, 0.1) is 0 Å². The zero-order chi connectivity index (χ0) is 13.7. The summed E-state index contributed by atoms with van der Waals surface area (Å²) in [5.41, 5.74) is 1.17. The number of Topliss-reactive ketones (excluding diaryl/α,β-unsaturated/α-hetero) is 1. The van der Waals surface area contributed by atoms with Gasteiger partial charge in [-0.3, -0.25) is 9.69 Å². The Labute approximate surface area is 120 Å². The first-order valence-corrected chi connectivity index (χ1v) is 7.51. The summed E-state index contributed by atoms with van der Waals surface area (Å²) in [5, 5.41) is 0.827. The summed E-state index contributed by atoms with van der Waals surface area (Å²) in [4.78, 5) is 13.9. The van der Waals surface area contributed by atoms with Gasteiger partial charge in [0.1, 0.15) is 5.78 Å². The number of likely N-dealkylation sites (tertiary alicyclic amines) is 1. The van der Waals surface area contributed by atoms with Crippen LogP contribution in [0.5, 0.6) is 0 Å². The maximum absolute atomic E-state index is 11.4. The smallest absolute Gasteiger partial charge is 0.131 e. The topological polar surface area (TPSA) is 20.3 Å². The van der Waals surface area contributed by atoms with Crippen molar-refractivity contribution in [2.75, 3.05) is 6.54 Å². The Morgan fingerprint density at radius 2 is 2.11 bits per heavy atom. The van der Waals surface area contributed by atoms with Gasteiger partial charge in [-0.1, -0.05) is 42.6 Å². The molecule has 0 aliphatic carbocycles. The predicted molar refractivity (Wildman–Crippen MR) is 79.4 cm³/mol. The molecule has 1 aliphatic heterocycles. The van der Waals surface area contributed by atoms with Crippen molar-refractivity contribution in [3.8, 4) is 0 Å². The Bertz CT molecular complexity index is 433. The van der Waals surface area contributed by atoms with E-state index in [2.05, 4.69) is 11.0 Å². The van der Waals surface area contributed by atoms with Gasteiger partial charge in [-0.2, -0.15) is 0 Å². The third-order valence-electron chi connectivity index (χ3n) is 3.85. The predicted octanol–water partition coefficient (Wildman–Crippen LogP) is 4.06. The van der Waals surface area contributed by atoms with Crippen LogP contribution in [-0.4, -0.2) is 23.3 Å². The Morgan fingerprint density at radius 1 is 1.32 bits per heavy atom. The maximum atomic E-state index is 11.4. The highest BCUT2D eigenvalue weighted by Gasteiger charge is 2.22. The first-order valence-electron chi connectivity index (χ1n) is 7.13. The van der Waals surface area contributed by atoms with Crippen molar-refractivity contribution in [3.05, 3.63) is 34.9 Å². The van der Waals surface area contributed by atoms with Gasteiger partial charge in [-0.25, -0.2) is 0 Å². The Hall–Kier alpha value is -0.860. The monoisotopic (exact) mass is 279 g/mol. The molecule has 1 aromatic rings. The summed E-state index contributed by atoms with van der Waals surface area (Å²) in [5.74, 6) is 0.288. The lowest BCUT2D eigenvalue weighted by atomic mass is 10.0. The summed E-state index contributed by atoms with van der Waals surface area (Å²) < 4.78 is 0. The quantitative estimate of drug-likeness (QED) is 0.828. The molecule has 0 amide bonds. The van der Waals surface area contributed by atoms with Crippen LogP contribution in [0, 0.1) is 0 Å². The number of carbonyl (C=O) groups excluding carboxylic acids is 1. The van der Waals surface area contributed by atoms with Crippen molar-refractivity contribution >= 4 is 17.4 Å². The SMILES string of the molecule is CC(=O)CC1CCCCCN1Cc1ccccc1Cl. The van der Waals surface area contributed by atoms with Crippen LogP contribution < -0.4 is 0 Å². The normalized spacial score (nSPS) is 21.1. The molecule has 0 aromatic heterocycles. The van der Waals surface area contributed by atoms with Crippen LogP contribution >= 0.6 is 11.6 Å². The van der Waals surface area contributed by atoms with Crippen molar-refractivity contribution in [2.24, 2.45) is 0 Å². The summed E-state index contributed by atoms with van der Waals surface area (Å²) in [6, 6.07) is 8.39. The number of hydrogen-bond acceptors (Lipinski definition) is 2. The molecule has 104 valence electrons. The summed E-state index contributed by atoms with van der Waals surface area (Å²) in [7, 11) is 0. The van der Waals surface area contributed by atoms with Gasteiger partial charge in [0.2, 0.25) is 0 Å². The van der Waals surface area contributed by atoms with E-state index in [1.54, 1.807) is 6.92 Å². The van der Waals surface area contributed by atoms with Gasteiger partial charge < -0.3 is 0 Å². The highest BCUT2D eigenvalue weighted by atomic mass is 35.5. The lowest BCUT2D eigenvalue weighted by Crippen LogP contribution is -2.35. The number of halogens is 1. The van der Waals surface area contributed by atoms with E-state index >= 15 is 0 Å². The second kappa shape index (κ2) is 7.06. The minimum Gasteiger partial charge on any atom is -0.300 e. The van der Waals surface area contributed by atoms with E-state index in [4.69, 9.17) is 11.6 Å². The van der Waals surface area contributed by atoms with Crippen molar-refractivity contribution in [1.82, 2.24) is 4.90 Å². The number of nitrogens with zero attached hydrogens (tertiary/aromatic N) is 1. The molecule has 0 spiro atoms. The minimum absolute atomic E-state index is 0.288. The molecule has 1 unspecified atom stereocenters. The third-order valence-corrected chi connectivity index (χ3v) is 4.22. The van der Waals surface area contributed by atoms with E-state index < -0.39 is 0 Å². The number of benzene rings is 1. The Balaban J connectivity index is 2.09. The van der Waals surface area contributed by atoms with E-state index in [9.17, 15) is 4.79 Å². The average molecular weight is 280 g/mol. The first-order chi connectivity index (χ1) is 9.16. The lowest BCUT2D eigenvalue weighted by molar-refractivity contribution is -0.118. The van der Waals surface area contributed by atoms with Gasteiger partial charge in [-0.05, 0) is 37.9 Å². The molecule has 19 heavy (non-hydrogen) atoms. The molecule has 0 N–H and O–H groups in total. The minimum atomic E-state index is 0.288. The van der Waals surface area contributed by atoms with Crippen LogP contribution in [0.15, 0.2) is 24.3 Å². The molecular formula is C16H22ClNO. The number of rotatable bonds is 4. The summed E-state index contributed by atoms with van der Waals surface area (Å²) >= 11 is 6.24. The molecule has 1 aromatic carbocycles. The average Bonchev–Trinajstić information content (AvgIpc) is 2.58. The van der Waals surface area contributed by atoms with Gasteiger partial charge in [0.25, 0.3) is 0 Å². The van der Waals surface area contributed by atoms with Crippen molar-refractivity contribution in [2.45, 2.75) is 51.6 Å². The largest absolute Gasteiger partial charge is 0.300 e. The highest BCUT2D eigenvalue weighted by molar-refractivity contribution is 6.31. The van der Waals surface area contributed by atoms with Crippen LogP contribution in [0.2, 0.25) is 5.02 Å². The molecule has 1 fully saturated rings. The van der Waals surface area contributed by atoms with Crippen LogP contribution in [0.25, 0.3) is 0 Å². The van der Waals surface area contributed by atoms with Gasteiger partial charge in [0.15, 0.2) is 0 Å².